The molecule has 138 valence electrons. The number of aryl methyl sites for hydroxylation is 1. The number of halogens is 1. The van der Waals surface area contributed by atoms with E-state index in [2.05, 4.69) is 4.98 Å². The number of sulfonamides is 1. The van der Waals surface area contributed by atoms with Crippen LogP contribution in [0.15, 0.2) is 41.4 Å². The van der Waals surface area contributed by atoms with Gasteiger partial charge in [0.2, 0.25) is 10.0 Å². The van der Waals surface area contributed by atoms with E-state index in [0.717, 1.165) is 6.07 Å². The Kier molecular flexibility index (Phi) is 4.92. The predicted octanol–water partition coefficient (Wildman–Crippen LogP) is 1.74. The molecule has 3 rings (SSSR count). The SMILES string of the molecule is Cc1cc(S(=O)(=O)N2CCN(c3ncccc3C(=O)O)CC2)ccc1F. The number of hydrogen-bond acceptors (Lipinski definition) is 5. The average molecular weight is 379 g/mol. The number of rotatable bonds is 4. The van der Waals surface area contributed by atoms with Gasteiger partial charge in [-0.2, -0.15) is 4.31 Å². The van der Waals surface area contributed by atoms with Gasteiger partial charge in [0.1, 0.15) is 17.2 Å². The highest BCUT2D eigenvalue weighted by Gasteiger charge is 2.30. The number of anilines is 1. The summed E-state index contributed by atoms with van der Waals surface area (Å²) in [5, 5.41) is 9.27. The summed E-state index contributed by atoms with van der Waals surface area (Å²) >= 11 is 0. The fraction of sp³-hybridized carbons (Fsp3) is 0.294. The number of aromatic nitrogens is 1. The summed E-state index contributed by atoms with van der Waals surface area (Å²) in [6.45, 7) is 2.52. The second-order valence-corrected chi connectivity index (χ2v) is 7.92. The molecule has 1 aliphatic heterocycles. The molecule has 0 saturated carbocycles. The zero-order chi connectivity index (χ0) is 18.9. The van der Waals surface area contributed by atoms with Gasteiger partial charge in [-0.1, -0.05) is 0 Å². The van der Waals surface area contributed by atoms with Gasteiger partial charge in [0.25, 0.3) is 0 Å². The Morgan fingerprint density at radius 2 is 1.88 bits per heavy atom. The molecular weight excluding hydrogens is 361 g/mol. The first-order valence-corrected chi connectivity index (χ1v) is 9.44. The molecule has 0 spiro atoms. The Bertz CT molecular complexity index is 941. The fourth-order valence-corrected chi connectivity index (χ4v) is 4.39. The summed E-state index contributed by atoms with van der Waals surface area (Å²) in [6, 6.07) is 6.73. The molecule has 0 radical (unpaired) electrons. The summed E-state index contributed by atoms with van der Waals surface area (Å²) in [5.41, 5.74) is 0.349. The van der Waals surface area contributed by atoms with Crippen LogP contribution in [0.5, 0.6) is 0 Å². The van der Waals surface area contributed by atoms with E-state index in [1.54, 1.807) is 11.0 Å². The molecule has 1 saturated heterocycles. The van der Waals surface area contributed by atoms with Crippen molar-refractivity contribution in [2.45, 2.75) is 11.8 Å². The van der Waals surface area contributed by atoms with Crippen molar-refractivity contribution in [3.05, 3.63) is 53.5 Å². The summed E-state index contributed by atoms with van der Waals surface area (Å²) in [6.07, 6.45) is 1.51. The van der Waals surface area contributed by atoms with Gasteiger partial charge in [-0.3, -0.25) is 0 Å². The lowest BCUT2D eigenvalue weighted by atomic mass is 10.2. The van der Waals surface area contributed by atoms with Crippen molar-refractivity contribution in [3.8, 4) is 0 Å². The number of hydrogen-bond donors (Lipinski definition) is 1. The number of benzene rings is 1. The topological polar surface area (TPSA) is 90.8 Å². The van der Waals surface area contributed by atoms with Crippen LogP contribution in [0.1, 0.15) is 15.9 Å². The van der Waals surface area contributed by atoms with E-state index < -0.39 is 21.8 Å². The summed E-state index contributed by atoms with van der Waals surface area (Å²) in [4.78, 5) is 17.3. The van der Waals surface area contributed by atoms with Crippen LogP contribution in [0.2, 0.25) is 0 Å². The molecule has 26 heavy (non-hydrogen) atoms. The van der Waals surface area contributed by atoms with Crippen molar-refractivity contribution in [1.29, 1.82) is 0 Å². The van der Waals surface area contributed by atoms with Crippen molar-refractivity contribution in [1.82, 2.24) is 9.29 Å². The molecule has 0 amide bonds. The quantitative estimate of drug-likeness (QED) is 0.870. The van der Waals surface area contributed by atoms with Crippen LogP contribution in [-0.4, -0.2) is 55.0 Å². The monoisotopic (exact) mass is 379 g/mol. The molecule has 1 aromatic heterocycles. The van der Waals surface area contributed by atoms with Gasteiger partial charge in [-0.25, -0.2) is 22.6 Å². The Morgan fingerprint density at radius 3 is 2.50 bits per heavy atom. The predicted molar refractivity (Wildman–Crippen MR) is 93.3 cm³/mol. The Labute approximate surface area is 150 Å². The molecule has 2 aromatic rings. The van der Waals surface area contributed by atoms with Crippen molar-refractivity contribution in [3.63, 3.8) is 0 Å². The summed E-state index contributed by atoms with van der Waals surface area (Å²) in [5.74, 6) is -1.20. The highest BCUT2D eigenvalue weighted by molar-refractivity contribution is 7.89. The van der Waals surface area contributed by atoms with Crippen molar-refractivity contribution in [2.24, 2.45) is 0 Å². The molecule has 1 aliphatic rings. The maximum absolute atomic E-state index is 13.4. The standard InChI is InChI=1S/C17H18FN3O4S/c1-12-11-13(4-5-15(12)18)26(24,25)21-9-7-20(8-10-21)16-14(17(22)23)3-2-6-19-16/h2-6,11H,7-10H2,1H3,(H,22,23). The largest absolute Gasteiger partial charge is 0.478 e. The third kappa shape index (κ3) is 3.40. The average Bonchev–Trinajstić information content (AvgIpc) is 2.64. The summed E-state index contributed by atoms with van der Waals surface area (Å²) < 4.78 is 40.2. The number of aromatic carboxylic acids is 1. The zero-order valence-electron chi connectivity index (χ0n) is 14.1. The first kappa shape index (κ1) is 18.3. The van der Waals surface area contributed by atoms with Crippen molar-refractivity contribution >= 4 is 21.8 Å². The minimum absolute atomic E-state index is 0.0499. The van der Waals surface area contributed by atoms with Gasteiger partial charge in [-0.05, 0) is 42.8 Å². The lowest BCUT2D eigenvalue weighted by molar-refractivity contribution is 0.0697. The second-order valence-electron chi connectivity index (χ2n) is 5.98. The van der Waals surface area contributed by atoms with Gasteiger partial charge in [0, 0.05) is 32.4 Å². The molecule has 0 aliphatic carbocycles. The van der Waals surface area contributed by atoms with Gasteiger partial charge >= 0.3 is 5.97 Å². The Balaban J connectivity index is 1.78. The molecule has 9 heteroatoms. The van der Waals surface area contributed by atoms with Gasteiger partial charge in [-0.15, -0.1) is 0 Å². The van der Waals surface area contributed by atoms with Crippen LogP contribution in [-0.2, 0) is 10.0 Å². The van der Waals surface area contributed by atoms with Gasteiger partial charge < -0.3 is 10.0 Å². The first-order chi connectivity index (χ1) is 12.3. The van der Waals surface area contributed by atoms with E-state index >= 15 is 0 Å². The van der Waals surface area contributed by atoms with Gasteiger partial charge in [0.05, 0.1) is 4.90 Å². The van der Waals surface area contributed by atoms with Crippen molar-refractivity contribution < 1.29 is 22.7 Å². The number of nitrogens with zero attached hydrogens (tertiary/aromatic N) is 3. The number of carbonyl (C=O) groups is 1. The highest BCUT2D eigenvalue weighted by Crippen LogP contribution is 2.23. The zero-order valence-corrected chi connectivity index (χ0v) is 14.9. The normalized spacial score (nSPS) is 15.8. The second kappa shape index (κ2) is 7.00. The fourth-order valence-electron chi connectivity index (χ4n) is 2.88. The highest BCUT2D eigenvalue weighted by atomic mass is 32.2. The van der Waals surface area contributed by atoms with Crippen molar-refractivity contribution in [2.75, 3.05) is 31.1 Å². The molecule has 0 bridgehead atoms. The third-order valence-corrected chi connectivity index (χ3v) is 6.22. The van der Waals surface area contributed by atoms with E-state index in [4.69, 9.17) is 0 Å². The molecule has 1 aromatic carbocycles. The maximum Gasteiger partial charge on any atom is 0.339 e. The van der Waals surface area contributed by atoms with Gasteiger partial charge in [0.15, 0.2) is 0 Å². The van der Waals surface area contributed by atoms with Crippen LogP contribution in [0, 0.1) is 12.7 Å². The van der Waals surface area contributed by atoms with E-state index in [1.165, 1.54) is 35.6 Å². The molecule has 2 heterocycles. The molecule has 0 atom stereocenters. The molecule has 1 N–H and O–H groups in total. The van der Waals surface area contributed by atoms with E-state index in [1.807, 2.05) is 0 Å². The lowest BCUT2D eigenvalue weighted by Crippen LogP contribution is -2.49. The van der Waals surface area contributed by atoms with Crippen LogP contribution in [0.3, 0.4) is 0 Å². The van der Waals surface area contributed by atoms with Crippen LogP contribution in [0.25, 0.3) is 0 Å². The smallest absolute Gasteiger partial charge is 0.339 e. The molecule has 0 unspecified atom stereocenters. The molecule has 1 fully saturated rings. The van der Waals surface area contributed by atoms with Crippen LogP contribution in [0.4, 0.5) is 10.2 Å². The maximum atomic E-state index is 13.4. The Morgan fingerprint density at radius 1 is 1.19 bits per heavy atom. The minimum Gasteiger partial charge on any atom is -0.478 e. The lowest BCUT2D eigenvalue weighted by Gasteiger charge is -2.35. The van der Waals surface area contributed by atoms with E-state index in [0.29, 0.717) is 18.9 Å². The van der Waals surface area contributed by atoms with Crippen LogP contribution >= 0.6 is 0 Å². The Hall–Kier alpha value is -2.52. The van der Waals surface area contributed by atoms with Crippen LogP contribution < -0.4 is 4.90 Å². The number of carboxylic acid groups (broad SMARTS) is 1. The molecule has 7 nitrogen and oxygen atoms in total. The molecular formula is C17H18FN3O4S. The summed E-state index contributed by atoms with van der Waals surface area (Å²) in [7, 11) is -3.73. The number of carboxylic acids is 1. The number of pyridine rings is 1. The van der Waals surface area contributed by atoms with E-state index in [9.17, 15) is 22.7 Å². The number of piperazine rings is 1. The minimum atomic E-state index is -3.73. The third-order valence-electron chi connectivity index (χ3n) is 4.32. The van der Waals surface area contributed by atoms with E-state index in [-0.39, 0.29) is 29.1 Å². The first-order valence-electron chi connectivity index (χ1n) is 8.00.